The van der Waals surface area contributed by atoms with Gasteiger partial charge in [-0.15, -0.1) is 0 Å². The lowest BCUT2D eigenvalue weighted by Gasteiger charge is -2.35. The van der Waals surface area contributed by atoms with Crippen molar-refractivity contribution >= 4 is 17.9 Å². The first kappa shape index (κ1) is 24.0. The molecule has 5 atom stereocenters. The van der Waals surface area contributed by atoms with Crippen LogP contribution in [0.3, 0.4) is 0 Å². The lowest BCUT2D eigenvalue weighted by atomic mass is 9.77. The van der Waals surface area contributed by atoms with E-state index in [2.05, 4.69) is 6.08 Å². The van der Waals surface area contributed by atoms with Gasteiger partial charge in [0.25, 0.3) is 0 Å². The van der Waals surface area contributed by atoms with Crippen LogP contribution in [0.25, 0.3) is 0 Å². The molecule has 0 bridgehead atoms. The highest BCUT2D eigenvalue weighted by atomic mass is 16.6. The van der Waals surface area contributed by atoms with E-state index in [0.29, 0.717) is 17.6 Å². The SMILES string of the molecule is CC=C(C)C(=O)OC1(C)C(=O)OC2C3C(C)=CCC3=C(C)CC(OC(=O)C(C)=C(C)C)C21. The Balaban J connectivity index is 2.09. The van der Waals surface area contributed by atoms with Crippen LogP contribution in [0.15, 0.2) is 45.6 Å². The smallest absolute Gasteiger partial charge is 0.351 e. The molecule has 6 nitrogen and oxygen atoms in total. The van der Waals surface area contributed by atoms with Crippen LogP contribution in [-0.4, -0.2) is 35.7 Å². The number of allylic oxidation sites excluding steroid dienone is 3. The number of carbonyl (C=O) groups is 3. The summed E-state index contributed by atoms with van der Waals surface area (Å²) in [5.74, 6) is -2.32. The first-order valence-electron chi connectivity index (χ1n) is 11.2. The van der Waals surface area contributed by atoms with Crippen molar-refractivity contribution in [3.8, 4) is 0 Å². The van der Waals surface area contributed by atoms with Gasteiger partial charge in [-0.3, -0.25) is 0 Å². The van der Waals surface area contributed by atoms with Crippen LogP contribution in [0, 0.1) is 11.8 Å². The highest BCUT2D eigenvalue weighted by Crippen LogP contribution is 2.52. The first-order valence-corrected chi connectivity index (χ1v) is 11.2. The van der Waals surface area contributed by atoms with Crippen LogP contribution < -0.4 is 0 Å². The molecule has 174 valence electrons. The summed E-state index contributed by atoms with van der Waals surface area (Å²) in [4.78, 5) is 38.7. The molecule has 0 amide bonds. The van der Waals surface area contributed by atoms with Crippen molar-refractivity contribution in [2.24, 2.45) is 11.8 Å². The second-order valence-corrected chi connectivity index (χ2v) is 9.57. The van der Waals surface area contributed by atoms with E-state index in [1.807, 2.05) is 27.7 Å². The first-order chi connectivity index (χ1) is 14.9. The maximum Gasteiger partial charge on any atom is 0.351 e. The van der Waals surface area contributed by atoms with E-state index in [9.17, 15) is 14.4 Å². The summed E-state index contributed by atoms with van der Waals surface area (Å²) in [7, 11) is 0. The molecule has 0 spiro atoms. The Morgan fingerprint density at radius 2 is 1.81 bits per heavy atom. The summed E-state index contributed by atoms with van der Waals surface area (Å²) in [6.07, 6.45) is 3.80. The normalized spacial score (nSPS) is 31.8. The van der Waals surface area contributed by atoms with Crippen molar-refractivity contribution in [2.45, 2.75) is 86.0 Å². The molecule has 0 saturated carbocycles. The van der Waals surface area contributed by atoms with Crippen LogP contribution in [0.1, 0.15) is 68.2 Å². The van der Waals surface area contributed by atoms with E-state index in [1.165, 1.54) is 5.57 Å². The van der Waals surface area contributed by atoms with Crippen LogP contribution in [0.5, 0.6) is 0 Å². The number of hydrogen-bond donors (Lipinski definition) is 0. The van der Waals surface area contributed by atoms with Gasteiger partial charge in [0.05, 0.1) is 5.92 Å². The molecule has 0 aromatic carbocycles. The van der Waals surface area contributed by atoms with Crippen molar-refractivity contribution in [1.82, 2.24) is 0 Å². The fourth-order valence-electron chi connectivity index (χ4n) is 4.91. The van der Waals surface area contributed by atoms with Gasteiger partial charge in [-0.2, -0.15) is 0 Å². The minimum Gasteiger partial charge on any atom is -0.458 e. The van der Waals surface area contributed by atoms with E-state index in [1.54, 1.807) is 33.8 Å². The highest BCUT2D eigenvalue weighted by molar-refractivity contribution is 5.92. The third-order valence-electron chi connectivity index (χ3n) is 7.31. The van der Waals surface area contributed by atoms with Gasteiger partial charge in [0.2, 0.25) is 5.60 Å². The minimum absolute atomic E-state index is 0.0967. The van der Waals surface area contributed by atoms with Gasteiger partial charge in [0.1, 0.15) is 12.2 Å². The Hall–Kier alpha value is -2.63. The molecule has 0 aromatic rings. The molecule has 1 aliphatic heterocycles. The molecule has 3 aliphatic rings. The standard InChI is InChI=1S/C26H34O6/c1-9-14(4)23(27)32-26(8)21-19(30-24(28)17(7)13(2)3)12-16(6)18-11-10-15(5)20(18)22(21)31-25(26)29/h9-10,19-22H,11-12H2,1-8H3. The zero-order valence-corrected chi connectivity index (χ0v) is 20.3. The average molecular weight is 443 g/mol. The predicted molar refractivity (Wildman–Crippen MR) is 120 cm³/mol. The van der Waals surface area contributed by atoms with Gasteiger partial charge in [0.15, 0.2) is 0 Å². The Labute approximate surface area is 190 Å². The number of carbonyl (C=O) groups excluding carboxylic acids is 3. The summed E-state index contributed by atoms with van der Waals surface area (Å²) in [6.45, 7) is 14.5. The summed E-state index contributed by atoms with van der Waals surface area (Å²) < 4.78 is 17.7. The Morgan fingerprint density at radius 1 is 1.16 bits per heavy atom. The summed E-state index contributed by atoms with van der Waals surface area (Å²) in [5, 5.41) is 0. The number of ether oxygens (including phenoxy) is 3. The van der Waals surface area contributed by atoms with Crippen LogP contribution >= 0.6 is 0 Å². The van der Waals surface area contributed by atoms with Crippen molar-refractivity contribution in [3.63, 3.8) is 0 Å². The molecule has 1 fully saturated rings. The third kappa shape index (κ3) is 3.96. The minimum atomic E-state index is -1.56. The quantitative estimate of drug-likeness (QED) is 0.271. The van der Waals surface area contributed by atoms with E-state index in [4.69, 9.17) is 14.2 Å². The Morgan fingerprint density at radius 3 is 2.41 bits per heavy atom. The Kier molecular flexibility index (Phi) is 6.55. The topological polar surface area (TPSA) is 78.9 Å². The van der Waals surface area contributed by atoms with Crippen LogP contribution in [0.4, 0.5) is 0 Å². The summed E-state index contributed by atoms with van der Waals surface area (Å²) >= 11 is 0. The lowest BCUT2D eigenvalue weighted by molar-refractivity contribution is -0.175. The van der Waals surface area contributed by atoms with Gasteiger partial charge >= 0.3 is 17.9 Å². The molecule has 5 unspecified atom stereocenters. The van der Waals surface area contributed by atoms with Crippen molar-refractivity contribution in [1.29, 1.82) is 0 Å². The second kappa shape index (κ2) is 8.72. The number of hydrogen-bond acceptors (Lipinski definition) is 6. The van der Waals surface area contributed by atoms with Crippen LogP contribution in [-0.2, 0) is 28.6 Å². The molecule has 0 N–H and O–H groups in total. The largest absolute Gasteiger partial charge is 0.458 e. The van der Waals surface area contributed by atoms with Gasteiger partial charge in [-0.25, -0.2) is 14.4 Å². The van der Waals surface area contributed by atoms with Crippen molar-refractivity contribution in [3.05, 3.63) is 45.6 Å². The third-order valence-corrected chi connectivity index (χ3v) is 7.31. The molecular formula is C26H34O6. The molecule has 0 radical (unpaired) electrons. The molecule has 1 heterocycles. The molecule has 6 heteroatoms. The summed E-state index contributed by atoms with van der Waals surface area (Å²) in [5.41, 5.74) is 3.67. The van der Waals surface area contributed by atoms with E-state index < -0.39 is 41.6 Å². The van der Waals surface area contributed by atoms with Crippen molar-refractivity contribution < 1.29 is 28.6 Å². The van der Waals surface area contributed by atoms with E-state index in [0.717, 1.165) is 23.1 Å². The maximum absolute atomic E-state index is 13.2. The highest BCUT2D eigenvalue weighted by Gasteiger charge is 2.64. The van der Waals surface area contributed by atoms with Crippen LogP contribution in [0.2, 0.25) is 0 Å². The molecular weight excluding hydrogens is 408 g/mol. The lowest BCUT2D eigenvalue weighted by Crippen LogP contribution is -2.50. The number of esters is 3. The van der Waals surface area contributed by atoms with Crippen molar-refractivity contribution in [2.75, 3.05) is 0 Å². The summed E-state index contributed by atoms with van der Waals surface area (Å²) in [6, 6.07) is 0. The van der Waals surface area contributed by atoms with Gasteiger partial charge < -0.3 is 14.2 Å². The second-order valence-electron chi connectivity index (χ2n) is 9.57. The van der Waals surface area contributed by atoms with E-state index in [-0.39, 0.29) is 5.92 Å². The van der Waals surface area contributed by atoms with Gasteiger partial charge in [-0.05, 0) is 61.8 Å². The Bertz CT molecular complexity index is 974. The monoisotopic (exact) mass is 442 g/mol. The van der Waals surface area contributed by atoms with Gasteiger partial charge in [0, 0.05) is 23.5 Å². The number of fused-ring (bicyclic) bond motifs is 3. The fourth-order valence-corrected chi connectivity index (χ4v) is 4.91. The zero-order chi connectivity index (χ0) is 24.0. The predicted octanol–water partition coefficient (Wildman–Crippen LogP) is 4.75. The van der Waals surface area contributed by atoms with E-state index >= 15 is 0 Å². The zero-order valence-electron chi connectivity index (χ0n) is 20.3. The average Bonchev–Trinajstić information content (AvgIpc) is 3.19. The molecule has 3 rings (SSSR count). The molecule has 1 saturated heterocycles. The number of rotatable bonds is 4. The maximum atomic E-state index is 13.2. The molecule has 2 aliphatic carbocycles. The fraction of sp³-hybridized carbons (Fsp3) is 0.577. The van der Waals surface area contributed by atoms with Gasteiger partial charge in [-0.1, -0.05) is 34.4 Å². The molecule has 0 aromatic heterocycles. The molecule has 32 heavy (non-hydrogen) atoms.